The minimum Gasteiger partial charge on any atom is -0.394 e. The highest BCUT2D eigenvalue weighted by Crippen LogP contribution is 2.46. The molecule has 1 aliphatic rings. The minimum absolute atomic E-state index is 0.0234. The van der Waals surface area contributed by atoms with Crippen LogP contribution in [-0.2, 0) is 21.7 Å². The average Bonchev–Trinajstić information content (AvgIpc) is 3.67. The molecule has 292 valence electrons. The van der Waals surface area contributed by atoms with Gasteiger partial charge in [0, 0.05) is 29.8 Å². The number of nitrogens with zero attached hydrogens (tertiary/aromatic N) is 5. The molecule has 0 N–H and O–H groups in total. The third-order valence-electron chi connectivity index (χ3n) is 12.8. The van der Waals surface area contributed by atoms with Crippen molar-refractivity contribution in [2.24, 2.45) is 0 Å². The smallest absolute Gasteiger partial charge is 0.394 e. The SMILES string of the molecule is Cc1cccc(C)c1B1N(C)c2ccc(C(C)(c3ccccc3)c3cc(C(C)(C)C)ccn3)cc2-c2nc([C@](C)(c3ccccc3)c3cc(C(C)(C)C)ccn3)cn21. The number of aryl methyl sites for hydroxylation is 2. The van der Waals surface area contributed by atoms with Crippen LogP contribution < -0.4 is 10.3 Å². The second-order valence-electron chi connectivity index (χ2n) is 18.7. The van der Waals surface area contributed by atoms with Crippen molar-refractivity contribution in [3.8, 4) is 11.4 Å². The first-order valence-corrected chi connectivity index (χ1v) is 20.6. The molecular formula is C52H56BN5. The van der Waals surface area contributed by atoms with Crippen LogP contribution in [0.2, 0.25) is 0 Å². The van der Waals surface area contributed by atoms with Crippen LogP contribution in [0.1, 0.15) is 111 Å². The third-order valence-corrected chi connectivity index (χ3v) is 12.8. The Morgan fingerprint density at radius 1 is 0.500 bits per heavy atom. The van der Waals surface area contributed by atoms with Crippen LogP contribution in [0.5, 0.6) is 0 Å². The quantitative estimate of drug-likeness (QED) is 0.152. The highest BCUT2D eigenvalue weighted by molar-refractivity contribution is 6.77. The normalized spacial score (nSPS) is 15.0. The van der Waals surface area contributed by atoms with Crippen LogP contribution in [0.3, 0.4) is 0 Å². The molecule has 7 aromatic rings. The van der Waals surface area contributed by atoms with E-state index in [0.717, 1.165) is 45.3 Å². The Labute approximate surface area is 346 Å². The monoisotopic (exact) mass is 761 g/mol. The van der Waals surface area contributed by atoms with Gasteiger partial charge in [0.1, 0.15) is 5.82 Å². The molecule has 0 radical (unpaired) electrons. The molecule has 1 aliphatic heterocycles. The minimum atomic E-state index is -0.648. The zero-order chi connectivity index (χ0) is 41.2. The lowest BCUT2D eigenvalue weighted by Crippen LogP contribution is -2.56. The first-order chi connectivity index (χ1) is 27.5. The van der Waals surface area contributed by atoms with E-state index in [-0.39, 0.29) is 17.8 Å². The van der Waals surface area contributed by atoms with Crippen LogP contribution in [-0.4, -0.2) is 33.5 Å². The van der Waals surface area contributed by atoms with Crippen molar-refractivity contribution < 1.29 is 0 Å². The van der Waals surface area contributed by atoms with E-state index in [9.17, 15) is 0 Å². The number of pyridine rings is 2. The second-order valence-corrected chi connectivity index (χ2v) is 18.7. The van der Waals surface area contributed by atoms with Gasteiger partial charge in [0.15, 0.2) is 0 Å². The van der Waals surface area contributed by atoms with Crippen LogP contribution in [0, 0.1) is 13.8 Å². The van der Waals surface area contributed by atoms with Crippen molar-refractivity contribution in [2.75, 3.05) is 11.9 Å². The number of aromatic nitrogens is 4. The summed E-state index contributed by atoms with van der Waals surface area (Å²) in [5.41, 5.74) is 13.7. The summed E-state index contributed by atoms with van der Waals surface area (Å²) >= 11 is 0. The molecular weight excluding hydrogens is 705 g/mol. The number of fused-ring (bicyclic) bond motifs is 3. The Morgan fingerprint density at radius 2 is 1.02 bits per heavy atom. The molecule has 0 saturated carbocycles. The standard InChI is InChI=1S/C52H56BN5/c1-35-19-18-20-36(2)47(35)53-57(11)43-26-25-41(51(9,37-21-14-12-15-22-37)44-32-39(27-29-54-44)49(3,4)5)31-42(43)48-56-46(34-58(48)53)52(10,38-23-16-13-17-24-38)45-33-40(28-30-55-45)50(6,7)8/h12-34H,1-11H3/t51?,52-/m1/s1. The maximum Gasteiger partial charge on any atom is 0.417 e. The van der Waals surface area contributed by atoms with Crippen LogP contribution in [0.15, 0.2) is 140 Å². The third kappa shape index (κ3) is 6.47. The van der Waals surface area contributed by atoms with Gasteiger partial charge in [-0.25, -0.2) is 4.98 Å². The molecule has 3 aromatic heterocycles. The molecule has 4 heterocycles. The highest BCUT2D eigenvalue weighted by atomic mass is 15.2. The fourth-order valence-corrected chi connectivity index (χ4v) is 9.01. The molecule has 0 saturated heterocycles. The van der Waals surface area contributed by atoms with E-state index in [4.69, 9.17) is 15.0 Å². The topological polar surface area (TPSA) is 46.8 Å². The van der Waals surface area contributed by atoms with E-state index in [1.54, 1.807) is 0 Å². The molecule has 6 heteroatoms. The first kappa shape index (κ1) is 39.1. The van der Waals surface area contributed by atoms with Crippen molar-refractivity contribution in [3.63, 3.8) is 0 Å². The molecule has 0 fully saturated rings. The Hall–Kier alpha value is -5.75. The van der Waals surface area contributed by atoms with Gasteiger partial charge < -0.3 is 9.29 Å². The number of hydrogen-bond donors (Lipinski definition) is 0. The van der Waals surface area contributed by atoms with Crippen molar-refractivity contribution in [1.82, 2.24) is 19.4 Å². The fourth-order valence-electron chi connectivity index (χ4n) is 9.01. The lowest BCUT2D eigenvalue weighted by atomic mass is 9.60. The summed E-state index contributed by atoms with van der Waals surface area (Å²) in [6.07, 6.45) is 6.25. The summed E-state index contributed by atoms with van der Waals surface area (Å²) in [6, 6.07) is 44.1. The first-order valence-electron chi connectivity index (χ1n) is 20.6. The highest BCUT2D eigenvalue weighted by Gasteiger charge is 2.43. The van der Waals surface area contributed by atoms with Gasteiger partial charge in [0.05, 0.1) is 27.9 Å². The molecule has 0 bridgehead atoms. The number of benzene rings is 4. The molecule has 0 amide bonds. The predicted octanol–water partition coefficient (Wildman–Crippen LogP) is 11.0. The van der Waals surface area contributed by atoms with Crippen molar-refractivity contribution in [2.45, 2.75) is 90.9 Å². The van der Waals surface area contributed by atoms with Gasteiger partial charge in [0.25, 0.3) is 0 Å². The second kappa shape index (κ2) is 14.3. The van der Waals surface area contributed by atoms with E-state index >= 15 is 0 Å². The lowest BCUT2D eigenvalue weighted by Gasteiger charge is -2.38. The summed E-state index contributed by atoms with van der Waals surface area (Å²) < 4.78 is 2.42. The van der Waals surface area contributed by atoms with Gasteiger partial charge in [0.2, 0.25) is 0 Å². The number of imidazole rings is 1. The Morgan fingerprint density at radius 3 is 1.55 bits per heavy atom. The summed E-state index contributed by atoms with van der Waals surface area (Å²) in [5.74, 6) is 0.943. The van der Waals surface area contributed by atoms with Gasteiger partial charge >= 0.3 is 6.98 Å². The summed E-state index contributed by atoms with van der Waals surface area (Å²) in [7, 11) is 2.23. The molecule has 8 rings (SSSR count). The zero-order valence-electron chi connectivity index (χ0n) is 36.1. The molecule has 5 nitrogen and oxygen atoms in total. The number of hydrogen-bond acceptors (Lipinski definition) is 4. The zero-order valence-corrected chi connectivity index (χ0v) is 36.1. The van der Waals surface area contributed by atoms with E-state index in [1.807, 2.05) is 12.4 Å². The van der Waals surface area contributed by atoms with Crippen LogP contribution >= 0.6 is 0 Å². The van der Waals surface area contributed by atoms with E-state index in [1.165, 1.54) is 33.3 Å². The van der Waals surface area contributed by atoms with Crippen molar-refractivity contribution >= 4 is 18.1 Å². The molecule has 4 aromatic carbocycles. The van der Waals surface area contributed by atoms with Gasteiger partial charge in [-0.15, -0.1) is 0 Å². The van der Waals surface area contributed by atoms with Crippen molar-refractivity contribution in [3.05, 3.63) is 196 Å². The maximum atomic E-state index is 5.77. The summed E-state index contributed by atoms with van der Waals surface area (Å²) in [5, 5.41) is 0. The summed E-state index contributed by atoms with van der Waals surface area (Å²) in [4.78, 5) is 18.4. The van der Waals surface area contributed by atoms with E-state index in [0.29, 0.717) is 0 Å². The summed E-state index contributed by atoms with van der Waals surface area (Å²) in [6.45, 7) is 22.5. The molecule has 0 aliphatic carbocycles. The van der Waals surface area contributed by atoms with Crippen LogP contribution in [0.4, 0.5) is 5.69 Å². The average molecular weight is 762 g/mol. The van der Waals surface area contributed by atoms with Gasteiger partial charge in [-0.05, 0) is 115 Å². The number of anilines is 1. The van der Waals surface area contributed by atoms with Crippen LogP contribution in [0.25, 0.3) is 11.4 Å². The lowest BCUT2D eigenvalue weighted by molar-refractivity contribution is 0.579. The fraction of sp³-hybridized carbons (Fsp3) is 0.288. The van der Waals surface area contributed by atoms with E-state index in [2.05, 4.69) is 213 Å². The maximum absolute atomic E-state index is 5.77. The van der Waals surface area contributed by atoms with Gasteiger partial charge in [-0.2, -0.15) is 0 Å². The molecule has 0 spiro atoms. The molecule has 58 heavy (non-hydrogen) atoms. The Balaban J connectivity index is 1.41. The Kier molecular flexibility index (Phi) is 9.62. The predicted molar refractivity (Wildman–Crippen MR) is 243 cm³/mol. The molecule has 2 atom stereocenters. The van der Waals surface area contributed by atoms with Gasteiger partial charge in [-0.3, -0.25) is 9.97 Å². The van der Waals surface area contributed by atoms with Crippen molar-refractivity contribution in [1.29, 1.82) is 0 Å². The molecule has 1 unspecified atom stereocenters. The largest absolute Gasteiger partial charge is 0.417 e. The van der Waals surface area contributed by atoms with E-state index < -0.39 is 10.8 Å². The number of rotatable bonds is 7. The van der Waals surface area contributed by atoms with Gasteiger partial charge in [-0.1, -0.05) is 138 Å². The Bertz CT molecular complexity index is 2600.